The molecule has 0 saturated heterocycles. The van der Waals surface area contributed by atoms with E-state index in [4.69, 9.17) is 0 Å². The third-order valence-electron chi connectivity index (χ3n) is 3.62. The molecule has 0 saturated carbocycles. The zero-order chi connectivity index (χ0) is 15.2. The number of aliphatic hydroxyl groups excluding tert-OH is 1. The molecule has 0 bridgehead atoms. The topological polar surface area (TPSA) is 23.5 Å². The van der Waals surface area contributed by atoms with Gasteiger partial charge in [-0.05, 0) is 44.5 Å². The molecule has 1 N–H and O–H groups in total. The number of nitrogens with zero attached hydrogens (tertiary/aromatic N) is 1. The van der Waals surface area contributed by atoms with Gasteiger partial charge in [-0.25, -0.2) is 0 Å². The fourth-order valence-corrected chi connectivity index (χ4v) is 2.87. The predicted molar refractivity (Wildman–Crippen MR) is 87.1 cm³/mol. The number of likely N-dealkylation sites (N-methyl/N-ethyl adjacent to an activating group) is 1. The van der Waals surface area contributed by atoms with Crippen LogP contribution in [0.2, 0.25) is 0 Å². The van der Waals surface area contributed by atoms with Crippen molar-refractivity contribution in [1.29, 1.82) is 0 Å². The van der Waals surface area contributed by atoms with Gasteiger partial charge < -0.3 is 10.0 Å². The first kappa shape index (κ1) is 16.9. The summed E-state index contributed by atoms with van der Waals surface area (Å²) in [5, 5.41) is 9.51. The molecule has 0 fully saturated rings. The number of aliphatic hydroxyl groups is 1. The molecule has 1 aromatic carbocycles. The first-order chi connectivity index (χ1) is 9.45. The van der Waals surface area contributed by atoms with Crippen LogP contribution in [-0.2, 0) is 11.8 Å². The van der Waals surface area contributed by atoms with Gasteiger partial charge in [0.25, 0.3) is 0 Å². The largest absolute Gasteiger partial charge is 0.395 e. The fourth-order valence-electron chi connectivity index (χ4n) is 2.87. The van der Waals surface area contributed by atoms with E-state index < -0.39 is 0 Å². The Balaban J connectivity index is 0.000000286. The van der Waals surface area contributed by atoms with E-state index in [0.29, 0.717) is 0 Å². The Morgan fingerprint density at radius 1 is 1.30 bits per heavy atom. The summed E-state index contributed by atoms with van der Waals surface area (Å²) in [5.41, 5.74) is 2.72. The van der Waals surface area contributed by atoms with Crippen LogP contribution in [0.4, 0.5) is 0 Å². The van der Waals surface area contributed by atoms with Crippen LogP contribution < -0.4 is 0 Å². The molecule has 1 aromatic rings. The van der Waals surface area contributed by atoms with E-state index in [0.717, 1.165) is 18.9 Å². The van der Waals surface area contributed by atoms with Gasteiger partial charge in [-0.15, -0.1) is 0 Å². The van der Waals surface area contributed by atoms with E-state index in [1.807, 2.05) is 6.92 Å². The van der Waals surface area contributed by atoms with Crippen LogP contribution in [0.1, 0.15) is 31.9 Å². The van der Waals surface area contributed by atoms with Gasteiger partial charge in [0.15, 0.2) is 0 Å². The normalized spacial score (nSPS) is 20.6. The summed E-state index contributed by atoms with van der Waals surface area (Å²) in [6.45, 7) is 7.56. The van der Waals surface area contributed by atoms with Crippen LogP contribution in [0, 0.1) is 5.92 Å². The molecule has 1 unspecified atom stereocenters. The third-order valence-corrected chi connectivity index (χ3v) is 3.62. The highest BCUT2D eigenvalue weighted by Gasteiger charge is 2.41. The molecule has 0 heterocycles. The summed E-state index contributed by atoms with van der Waals surface area (Å²) in [4.78, 5) is 2.14. The number of hydrogen-bond donors (Lipinski definition) is 1. The highest BCUT2D eigenvalue weighted by Crippen LogP contribution is 2.40. The highest BCUT2D eigenvalue weighted by atomic mass is 16.3. The van der Waals surface area contributed by atoms with Crippen molar-refractivity contribution in [2.75, 3.05) is 27.2 Å². The molecular formula is C18H29NO. The summed E-state index contributed by atoms with van der Waals surface area (Å²) in [7, 11) is 4.11. The SMILES string of the molecule is C/C=C\C(C)C.CN(C)CC1(CO)Cc2ccccc21. The lowest BCUT2D eigenvalue weighted by Crippen LogP contribution is -2.49. The van der Waals surface area contributed by atoms with Crippen LogP contribution in [-0.4, -0.2) is 37.3 Å². The van der Waals surface area contributed by atoms with Crippen molar-refractivity contribution in [3.05, 3.63) is 47.5 Å². The Hall–Kier alpha value is -1.12. The van der Waals surface area contributed by atoms with Crippen LogP contribution in [0.25, 0.3) is 0 Å². The molecule has 0 aliphatic heterocycles. The summed E-state index contributed by atoms with van der Waals surface area (Å²) >= 11 is 0. The number of hydrogen-bond acceptors (Lipinski definition) is 2. The second-order valence-corrected chi connectivity index (χ2v) is 6.28. The molecule has 112 valence electrons. The van der Waals surface area contributed by atoms with Crippen LogP contribution in [0.3, 0.4) is 0 Å². The van der Waals surface area contributed by atoms with Gasteiger partial charge in [-0.1, -0.05) is 50.3 Å². The van der Waals surface area contributed by atoms with Gasteiger partial charge in [0.2, 0.25) is 0 Å². The maximum absolute atomic E-state index is 9.51. The average Bonchev–Trinajstić information content (AvgIpc) is 2.36. The molecule has 0 radical (unpaired) electrons. The van der Waals surface area contributed by atoms with E-state index in [1.54, 1.807) is 0 Å². The summed E-state index contributed by atoms with van der Waals surface area (Å²) in [6.07, 6.45) is 5.25. The number of fused-ring (bicyclic) bond motifs is 1. The van der Waals surface area contributed by atoms with Crippen LogP contribution in [0.15, 0.2) is 36.4 Å². The molecule has 2 rings (SSSR count). The lowest BCUT2D eigenvalue weighted by molar-refractivity contribution is 0.138. The maximum atomic E-state index is 9.51. The fraction of sp³-hybridized carbons (Fsp3) is 0.556. The van der Waals surface area contributed by atoms with Crippen molar-refractivity contribution in [3.63, 3.8) is 0 Å². The molecule has 2 heteroatoms. The van der Waals surface area contributed by atoms with E-state index >= 15 is 0 Å². The average molecular weight is 275 g/mol. The third kappa shape index (κ3) is 4.19. The summed E-state index contributed by atoms with van der Waals surface area (Å²) in [5.74, 6) is 0.718. The molecule has 1 atom stereocenters. The minimum Gasteiger partial charge on any atom is -0.395 e. The molecule has 0 aromatic heterocycles. The summed E-state index contributed by atoms with van der Waals surface area (Å²) in [6, 6.07) is 8.41. The van der Waals surface area contributed by atoms with Gasteiger partial charge in [-0.3, -0.25) is 0 Å². The minimum absolute atomic E-state index is 0.0000926. The molecule has 1 aliphatic rings. The van der Waals surface area contributed by atoms with Gasteiger partial charge >= 0.3 is 0 Å². The van der Waals surface area contributed by atoms with Crippen molar-refractivity contribution in [3.8, 4) is 0 Å². The van der Waals surface area contributed by atoms with Gasteiger partial charge in [0.05, 0.1) is 6.61 Å². The van der Waals surface area contributed by atoms with Crippen molar-refractivity contribution >= 4 is 0 Å². The molecule has 20 heavy (non-hydrogen) atoms. The Bertz CT molecular complexity index is 437. The Morgan fingerprint density at radius 2 is 1.95 bits per heavy atom. The van der Waals surface area contributed by atoms with Crippen molar-refractivity contribution < 1.29 is 5.11 Å². The molecule has 1 aliphatic carbocycles. The van der Waals surface area contributed by atoms with Crippen molar-refractivity contribution in [2.45, 2.75) is 32.6 Å². The number of rotatable bonds is 4. The standard InChI is InChI=1S/C12H17NO.C6H12/c1-13(2)8-12(9-14)7-10-5-3-4-6-11(10)12;1-4-5-6(2)3/h3-6,14H,7-9H2,1-2H3;4-6H,1-3H3/b;5-4-. The summed E-state index contributed by atoms with van der Waals surface area (Å²) < 4.78 is 0. The van der Waals surface area contributed by atoms with Crippen LogP contribution >= 0.6 is 0 Å². The minimum atomic E-state index is 0.0000926. The highest BCUT2D eigenvalue weighted by molar-refractivity contribution is 5.45. The molecule has 0 spiro atoms. The first-order valence-corrected chi connectivity index (χ1v) is 7.42. The second-order valence-electron chi connectivity index (χ2n) is 6.28. The zero-order valence-corrected chi connectivity index (χ0v) is 13.6. The smallest absolute Gasteiger partial charge is 0.0543 e. The molecule has 2 nitrogen and oxygen atoms in total. The number of benzene rings is 1. The van der Waals surface area contributed by atoms with E-state index in [1.165, 1.54) is 11.1 Å². The quantitative estimate of drug-likeness (QED) is 0.853. The lowest BCUT2D eigenvalue weighted by atomic mass is 9.64. The maximum Gasteiger partial charge on any atom is 0.0543 e. The Labute approximate surface area is 124 Å². The second kappa shape index (κ2) is 7.61. The van der Waals surface area contributed by atoms with Crippen molar-refractivity contribution in [2.24, 2.45) is 5.92 Å². The van der Waals surface area contributed by atoms with E-state index in [9.17, 15) is 5.11 Å². The number of allylic oxidation sites excluding steroid dienone is 2. The predicted octanol–water partition coefficient (Wildman–Crippen LogP) is 3.25. The Kier molecular flexibility index (Phi) is 6.44. The lowest BCUT2D eigenvalue weighted by Gasteiger charge is -2.44. The van der Waals surface area contributed by atoms with Gasteiger partial charge in [0, 0.05) is 12.0 Å². The van der Waals surface area contributed by atoms with Crippen molar-refractivity contribution in [1.82, 2.24) is 4.90 Å². The van der Waals surface area contributed by atoms with Crippen LogP contribution in [0.5, 0.6) is 0 Å². The monoisotopic (exact) mass is 275 g/mol. The Morgan fingerprint density at radius 3 is 2.35 bits per heavy atom. The van der Waals surface area contributed by atoms with Gasteiger partial charge in [-0.2, -0.15) is 0 Å². The van der Waals surface area contributed by atoms with Gasteiger partial charge in [0.1, 0.15) is 0 Å². The zero-order valence-electron chi connectivity index (χ0n) is 13.6. The first-order valence-electron chi connectivity index (χ1n) is 7.42. The van der Waals surface area contributed by atoms with E-state index in [2.05, 4.69) is 69.3 Å². The van der Waals surface area contributed by atoms with E-state index in [-0.39, 0.29) is 12.0 Å². The molecular weight excluding hydrogens is 246 g/mol. The molecule has 0 amide bonds.